The van der Waals surface area contributed by atoms with Crippen molar-refractivity contribution in [1.82, 2.24) is 0 Å². The lowest BCUT2D eigenvalue weighted by Crippen LogP contribution is -2.15. The fourth-order valence-electron chi connectivity index (χ4n) is 1.19. The quantitative estimate of drug-likeness (QED) is 0.780. The number of halogens is 4. The molecule has 2 N–H and O–H groups in total. The van der Waals surface area contributed by atoms with Gasteiger partial charge < -0.3 is 5.73 Å². The summed E-state index contributed by atoms with van der Waals surface area (Å²) < 4.78 is 37.7. The Labute approximate surface area is 90.3 Å². The van der Waals surface area contributed by atoms with Crippen molar-refractivity contribution in [3.8, 4) is 0 Å². The molecule has 0 saturated carbocycles. The Morgan fingerprint density at radius 3 is 2.47 bits per heavy atom. The van der Waals surface area contributed by atoms with E-state index >= 15 is 0 Å². The van der Waals surface area contributed by atoms with E-state index in [-0.39, 0.29) is 10.6 Å². The van der Waals surface area contributed by atoms with Gasteiger partial charge in [-0.15, -0.1) is 6.58 Å². The third-order valence-corrected chi connectivity index (χ3v) is 2.17. The Hall–Kier alpha value is -1.00. The van der Waals surface area contributed by atoms with E-state index in [1.54, 1.807) is 0 Å². The van der Waals surface area contributed by atoms with Crippen LogP contribution in [-0.4, -0.2) is 0 Å². The van der Waals surface area contributed by atoms with Crippen LogP contribution in [-0.2, 0) is 6.18 Å². The van der Waals surface area contributed by atoms with E-state index in [0.717, 1.165) is 6.07 Å². The normalized spacial score (nSPS) is 13.7. The molecule has 1 nitrogen and oxygen atoms in total. The van der Waals surface area contributed by atoms with Gasteiger partial charge in [-0.2, -0.15) is 13.2 Å². The highest BCUT2D eigenvalue weighted by Crippen LogP contribution is 2.35. The molecule has 1 rings (SSSR count). The topological polar surface area (TPSA) is 26.0 Å². The summed E-state index contributed by atoms with van der Waals surface area (Å²) in [4.78, 5) is 0. The fourth-order valence-corrected chi connectivity index (χ4v) is 1.36. The second-order valence-corrected chi connectivity index (χ2v) is 3.43. The smallest absolute Gasteiger partial charge is 0.321 e. The average molecular weight is 236 g/mol. The molecule has 1 atom stereocenters. The molecular formula is C10H9ClF3N. The van der Waals surface area contributed by atoms with Crippen LogP contribution in [0, 0.1) is 0 Å². The fraction of sp³-hybridized carbons (Fsp3) is 0.200. The highest BCUT2D eigenvalue weighted by molar-refractivity contribution is 6.30. The average Bonchev–Trinajstić information content (AvgIpc) is 2.15. The number of alkyl halides is 3. The Kier molecular flexibility index (Phi) is 3.42. The molecule has 0 heterocycles. The zero-order valence-corrected chi connectivity index (χ0v) is 8.44. The van der Waals surface area contributed by atoms with Gasteiger partial charge in [0.15, 0.2) is 0 Å². The van der Waals surface area contributed by atoms with Gasteiger partial charge in [-0.1, -0.05) is 23.7 Å². The standard InChI is InChI=1S/C10H9ClF3N/c1-2-9(15)7-4-3-6(11)5-8(7)10(12,13)14/h2-5,9H,1,15H2/t9-/m1/s1. The van der Waals surface area contributed by atoms with E-state index < -0.39 is 17.8 Å². The van der Waals surface area contributed by atoms with Crippen molar-refractivity contribution in [3.63, 3.8) is 0 Å². The minimum Gasteiger partial charge on any atom is -0.321 e. The van der Waals surface area contributed by atoms with Crippen LogP contribution in [0.15, 0.2) is 30.9 Å². The van der Waals surface area contributed by atoms with E-state index in [1.165, 1.54) is 18.2 Å². The van der Waals surface area contributed by atoms with E-state index in [4.69, 9.17) is 17.3 Å². The first-order valence-electron chi connectivity index (χ1n) is 4.11. The van der Waals surface area contributed by atoms with Crippen LogP contribution in [0.1, 0.15) is 17.2 Å². The van der Waals surface area contributed by atoms with Gasteiger partial charge in [0, 0.05) is 11.1 Å². The lowest BCUT2D eigenvalue weighted by molar-refractivity contribution is -0.138. The zero-order valence-electron chi connectivity index (χ0n) is 7.68. The van der Waals surface area contributed by atoms with Gasteiger partial charge in [-0.3, -0.25) is 0 Å². The Morgan fingerprint density at radius 1 is 1.40 bits per heavy atom. The molecular weight excluding hydrogens is 227 g/mol. The predicted molar refractivity (Wildman–Crippen MR) is 53.6 cm³/mol. The van der Waals surface area contributed by atoms with Gasteiger partial charge in [0.2, 0.25) is 0 Å². The third kappa shape index (κ3) is 2.73. The molecule has 0 aromatic heterocycles. The van der Waals surface area contributed by atoms with E-state index in [2.05, 4.69) is 6.58 Å². The summed E-state index contributed by atoms with van der Waals surface area (Å²) in [5.74, 6) is 0. The monoisotopic (exact) mass is 235 g/mol. The highest BCUT2D eigenvalue weighted by atomic mass is 35.5. The SMILES string of the molecule is C=C[C@@H](N)c1ccc(Cl)cc1C(F)(F)F. The molecule has 0 saturated heterocycles. The summed E-state index contributed by atoms with van der Waals surface area (Å²) in [7, 11) is 0. The summed E-state index contributed by atoms with van der Waals surface area (Å²) in [5.41, 5.74) is 4.64. The maximum atomic E-state index is 12.6. The minimum atomic E-state index is -4.46. The van der Waals surface area contributed by atoms with Crippen LogP contribution < -0.4 is 5.73 Å². The first-order chi connectivity index (χ1) is 6.86. The van der Waals surface area contributed by atoms with E-state index in [1.807, 2.05) is 0 Å². The summed E-state index contributed by atoms with van der Waals surface area (Å²) in [6.45, 7) is 3.36. The van der Waals surface area contributed by atoms with Crippen LogP contribution in [0.5, 0.6) is 0 Å². The molecule has 0 aliphatic carbocycles. The molecule has 0 aliphatic heterocycles. The number of hydrogen-bond donors (Lipinski definition) is 1. The summed E-state index contributed by atoms with van der Waals surface area (Å²) in [6.07, 6.45) is -3.21. The molecule has 0 aliphatic rings. The second-order valence-electron chi connectivity index (χ2n) is 2.99. The number of benzene rings is 1. The van der Waals surface area contributed by atoms with Crippen LogP contribution >= 0.6 is 11.6 Å². The molecule has 1 aromatic carbocycles. The largest absolute Gasteiger partial charge is 0.416 e. The lowest BCUT2D eigenvalue weighted by atomic mass is 10.0. The van der Waals surface area contributed by atoms with Crippen molar-refractivity contribution in [3.05, 3.63) is 47.0 Å². The van der Waals surface area contributed by atoms with Gasteiger partial charge in [-0.25, -0.2) is 0 Å². The maximum absolute atomic E-state index is 12.6. The van der Waals surface area contributed by atoms with E-state index in [9.17, 15) is 13.2 Å². The van der Waals surface area contributed by atoms with Crippen molar-refractivity contribution in [2.45, 2.75) is 12.2 Å². The van der Waals surface area contributed by atoms with Crippen LogP contribution in [0.25, 0.3) is 0 Å². The van der Waals surface area contributed by atoms with Crippen molar-refractivity contribution >= 4 is 11.6 Å². The molecule has 15 heavy (non-hydrogen) atoms. The van der Waals surface area contributed by atoms with Gasteiger partial charge in [-0.05, 0) is 17.7 Å². The van der Waals surface area contributed by atoms with E-state index in [0.29, 0.717) is 0 Å². The predicted octanol–water partition coefficient (Wildman–Crippen LogP) is 3.54. The first kappa shape index (κ1) is 12.1. The number of rotatable bonds is 2. The van der Waals surface area contributed by atoms with Crippen LogP contribution in [0.3, 0.4) is 0 Å². The molecule has 82 valence electrons. The summed E-state index contributed by atoms with van der Waals surface area (Å²) in [6, 6.07) is 2.65. The minimum absolute atomic E-state index is 0.0260. The Balaban J connectivity index is 3.33. The first-order valence-corrected chi connectivity index (χ1v) is 4.49. The molecule has 0 unspecified atom stereocenters. The highest BCUT2D eigenvalue weighted by Gasteiger charge is 2.34. The van der Waals surface area contributed by atoms with Gasteiger partial charge in [0.05, 0.1) is 5.56 Å². The van der Waals surface area contributed by atoms with Crippen molar-refractivity contribution in [2.75, 3.05) is 0 Å². The lowest BCUT2D eigenvalue weighted by Gasteiger charge is -2.15. The molecule has 1 aromatic rings. The molecule has 0 bridgehead atoms. The van der Waals surface area contributed by atoms with Crippen LogP contribution in [0.2, 0.25) is 5.02 Å². The van der Waals surface area contributed by atoms with Crippen LogP contribution in [0.4, 0.5) is 13.2 Å². The number of hydrogen-bond acceptors (Lipinski definition) is 1. The van der Waals surface area contributed by atoms with Gasteiger partial charge in [0.1, 0.15) is 0 Å². The molecule has 0 spiro atoms. The van der Waals surface area contributed by atoms with Crippen molar-refractivity contribution in [2.24, 2.45) is 5.73 Å². The Morgan fingerprint density at radius 2 is 2.00 bits per heavy atom. The summed E-state index contributed by atoms with van der Waals surface area (Å²) in [5, 5.41) is 0.0299. The second kappa shape index (κ2) is 4.24. The van der Waals surface area contributed by atoms with Gasteiger partial charge >= 0.3 is 6.18 Å². The molecule has 0 radical (unpaired) electrons. The molecule has 0 fully saturated rings. The number of nitrogens with two attached hydrogens (primary N) is 1. The van der Waals surface area contributed by atoms with Crippen molar-refractivity contribution in [1.29, 1.82) is 0 Å². The third-order valence-electron chi connectivity index (χ3n) is 1.93. The Bertz CT molecular complexity index is 373. The maximum Gasteiger partial charge on any atom is 0.416 e. The van der Waals surface area contributed by atoms with Crippen molar-refractivity contribution < 1.29 is 13.2 Å². The molecule has 0 amide bonds. The summed E-state index contributed by atoms with van der Waals surface area (Å²) >= 11 is 5.50. The zero-order chi connectivity index (χ0) is 11.6. The molecule has 5 heteroatoms. The van der Waals surface area contributed by atoms with Gasteiger partial charge in [0.25, 0.3) is 0 Å².